The second kappa shape index (κ2) is 5.34. The number of hydrogen-bond donors (Lipinski definition) is 3. The molecule has 1 rings (SSSR count). The van der Waals surface area contributed by atoms with E-state index in [1.54, 1.807) is 6.07 Å². The number of hydroxylamine groups is 1. The average Bonchev–Trinajstić information content (AvgIpc) is 2.25. The van der Waals surface area contributed by atoms with Gasteiger partial charge in [-0.2, -0.15) is 0 Å². The molecular weight excluding hydrogens is 262 g/mol. The van der Waals surface area contributed by atoms with Crippen LogP contribution in [-0.4, -0.2) is 17.4 Å². The zero-order chi connectivity index (χ0) is 11.4. The van der Waals surface area contributed by atoms with E-state index in [-0.39, 0.29) is 12.3 Å². The standard InChI is InChI=1S/C10H14BrNO3/c1-3-6-4-8(15-2)10(13)7(5-12-14)9(6)11/h4,12-14H,3,5H2,1-2H3. The number of hydrogen-bond acceptors (Lipinski definition) is 4. The first-order chi connectivity index (χ1) is 7.15. The van der Waals surface area contributed by atoms with Crippen LogP contribution in [-0.2, 0) is 13.0 Å². The monoisotopic (exact) mass is 275 g/mol. The van der Waals surface area contributed by atoms with Gasteiger partial charge in [-0.3, -0.25) is 0 Å². The van der Waals surface area contributed by atoms with E-state index in [4.69, 9.17) is 9.94 Å². The first kappa shape index (κ1) is 12.3. The normalized spacial score (nSPS) is 10.4. The molecule has 0 fully saturated rings. The zero-order valence-corrected chi connectivity index (χ0v) is 10.3. The lowest BCUT2D eigenvalue weighted by molar-refractivity contribution is 0.159. The van der Waals surface area contributed by atoms with E-state index in [0.29, 0.717) is 11.3 Å². The number of phenolic OH excluding ortho intramolecular Hbond substituents is 1. The second-order valence-electron chi connectivity index (χ2n) is 3.07. The van der Waals surface area contributed by atoms with Crippen LogP contribution in [0, 0.1) is 0 Å². The van der Waals surface area contributed by atoms with Crippen molar-refractivity contribution in [3.63, 3.8) is 0 Å². The van der Waals surface area contributed by atoms with Gasteiger partial charge in [0.1, 0.15) is 0 Å². The van der Waals surface area contributed by atoms with Crippen LogP contribution in [0.15, 0.2) is 10.5 Å². The summed E-state index contributed by atoms with van der Waals surface area (Å²) in [4.78, 5) is 0. The lowest BCUT2D eigenvalue weighted by Gasteiger charge is -2.14. The molecule has 0 spiro atoms. The Bertz CT molecular complexity index is 327. The van der Waals surface area contributed by atoms with Crippen LogP contribution in [0.4, 0.5) is 0 Å². The third-order valence-electron chi connectivity index (χ3n) is 2.23. The van der Waals surface area contributed by atoms with E-state index in [2.05, 4.69) is 15.9 Å². The van der Waals surface area contributed by atoms with Crippen molar-refractivity contribution >= 4 is 15.9 Å². The fraction of sp³-hybridized carbons (Fsp3) is 0.400. The summed E-state index contributed by atoms with van der Waals surface area (Å²) in [5.74, 6) is 0.462. The Hall–Kier alpha value is -0.780. The predicted octanol–water partition coefficient (Wildman–Crippen LogP) is 2.20. The molecule has 0 aliphatic carbocycles. The maximum Gasteiger partial charge on any atom is 0.163 e. The van der Waals surface area contributed by atoms with E-state index in [0.717, 1.165) is 16.5 Å². The summed E-state index contributed by atoms with van der Waals surface area (Å²) >= 11 is 3.39. The van der Waals surface area contributed by atoms with Gasteiger partial charge >= 0.3 is 0 Å². The molecule has 0 heterocycles. The van der Waals surface area contributed by atoms with Crippen molar-refractivity contribution in [2.75, 3.05) is 7.11 Å². The van der Waals surface area contributed by atoms with Crippen molar-refractivity contribution < 1.29 is 15.1 Å². The third-order valence-corrected chi connectivity index (χ3v) is 3.22. The van der Waals surface area contributed by atoms with Crippen molar-refractivity contribution in [2.24, 2.45) is 0 Å². The Balaban J connectivity index is 3.32. The number of phenols is 1. The molecule has 0 aromatic heterocycles. The summed E-state index contributed by atoms with van der Waals surface area (Å²) in [6.07, 6.45) is 0.815. The van der Waals surface area contributed by atoms with Gasteiger partial charge in [0, 0.05) is 10.0 Å². The smallest absolute Gasteiger partial charge is 0.163 e. The molecule has 3 N–H and O–H groups in total. The number of aromatic hydroxyl groups is 1. The Morgan fingerprint density at radius 1 is 1.53 bits per heavy atom. The van der Waals surface area contributed by atoms with Gasteiger partial charge < -0.3 is 15.1 Å². The van der Waals surface area contributed by atoms with E-state index in [1.165, 1.54) is 7.11 Å². The van der Waals surface area contributed by atoms with Gasteiger partial charge in [-0.15, -0.1) is 0 Å². The third kappa shape index (κ3) is 2.42. The van der Waals surface area contributed by atoms with Crippen molar-refractivity contribution in [1.82, 2.24) is 5.48 Å². The molecule has 1 aromatic rings. The highest BCUT2D eigenvalue weighted by Gasteiger charge is 2.15. The minimum Gasteiger partial charge on any atom is -0.504 e. The van der Waals surface area contributed by atoms with Crippen LogP contribution in [0.1, 0.15) is 18.1 Å². The number of halogens is 1. The summed E-state index contributed by atoms with van der Waals surface area (Å²) < 4.78 is 5.85. The second-order valence-corrected chi connectivity index (χ2v) is 3.86. The quantitative estimate of drug-likeness (QED) is 0.738. The lowest BCUT2D eigenvalue weighted by Crippen LogP contribution is -2.08. The Labute approximate surface area is 97.0 Å². The van der Waals surface area contributed by atoms with Crippen molar-refractivity contribution in [2.45, 2.75) is 19.9 Å². The predicted molar refractivity (Wildman–Crippen MR) is 60.4 cm³/mol. The van der Waals surface area contributed by atoms with E-state index < -0.39 is 0 Å². The summed E-state index contributed by atoms with van der Waals surface area (Å²) in [6.45, 7) is 2.17. The number of rotatable bonds is 4. The molecule has 1 aromatic carbocycles. The first-order valence-corrected chi connectivity index (χ1v) is 5.39. The topological polar surface area (TPSA) is 61.7 Å². The van der Waals surface area contributed by atoms with Gasteiger partial charge in [0.25, 0.3) is 0 Å². The van der Waals surface area contributed by atoms with Crippen molar-refractivity contribution in [3.8, 4) is 11.5 Å². The van der Waals surface area contributed by atoms with Gasteiger partial charge in [0.05, 0.1) is 13.7 Å². The summed E-state index contributed by atoms with van der Waals surface area (Å²) in [7, 11) is 1.50. The summed E-state index contributed by atoms with van der Waals surface area (Å²) in [6, 6.07) is 1.78. The SMILES string of the molecule is CCc1cc(OC)c(O)c(CNO)c1Br. The Morgan fingerprint density at radius 2 is 2.20 bits per heavy atom. The molecule has 4 nitrogen and oxygen atoms in total. The summed E-state index contributed by atoms with van der Waals surface area (Å²) in [5, 5.41) is 18.5. The molecule has 0 aliphatic rings. The fourth-order valence-electron chi connectivity index (χ4n) is 1.39. The molecule has 5 heteroatoms. The highest BCUT2D eigenvalue weighted by Crippen LogP contribution is 2.38. The van der Waals surface area contributed by atoms with Crippen LogP contribution < -0.4 is 10.2 Å². The average molecular weight is 276 g/mol. The maximum atomic E-state index is 9.81. The van der Waals surface area contributed by atoms with Crippen LogP contribution >= 0.6 is 15.9 Å². The number of benzene rings is 1. The van der Waals surface area contributed by atoms with Gasteiger partial charge in [-0.1, -0.05) is 22.9 Å². The van der Waals surface area contributed by atoms with Crippen molar-refractivity contribution in [1.29, 1.82) is 0 Å². The molecule has 0 radical (unpaired) electrons. The van der Waals surface area contributed by atoms with Gasteiger partial charge in [0.15, 0.2) is 11.5 Å². The van der Waals surface area contributed by atoms with E-state index >= 15 is 0 Å². The fourth-order valence-corrected chi connectivity index (χ4v) is 2.11. The molecule has 0 saturated carbocycles. The summed E-state index contributed by atoms with van der Waals surface area (Å²) in [5.41, 5.74) is 3.64. The molecule has 0 unspecified atom stereocenters. The minimum absolute atomic E-state index is 0.0446. The Morgan fingerprint density at radius 3 is 2.67 bits per heavy atom. The molecular formula is C10H14BrNO3. The van der Waals surface area contributed by atoms with Crippen LogP contribution in [0.2, 0.25) is 0 Å². The van der Waals surface area contributed by atoms with Crippen LogP contribution in [0.25, 0.3) is 0 Å². The lowest BCUT2D eigenvalue weighted by atomic mass is 10.1. The highest BCUT2D eigenvalue weighted by atomic mass is 79.9. The molecule has 15 heavy (non-hydrogen) atoms. The number of methoxy groups -OCH3 is 1. The minimum atomic E-state index is 0.0446. The Kier molecular flexibility index (Phi) is 4.38. The first-order valence-electron chi connectivity index (χ1n) is 4.59. The van der Waals surface area contributed by atoms with Gasteiger partial charge in [-0.25, -0.2) is 5.48 Å². The molecule has 0 saturated heterocycles. The van der Waals surface area contributed by atoms with Gasteiger partial charge in [-0.05, 0) is 18.1 Å². The molecule has 0 aliphatic heterocycles. The molecule has 0 bridgehead atoms. The van der Waals surface area contributed by atoms with Crippen molar-refractivity contribution in [3.05, 3.63) is 21.7 Å². The largest absolute Gasteiger partial charge is 0.504 e. The van der Waals surface area contributed by atoms with E-state index in [1.807, 2.05) is 12.4 Å². The van der Waals surface area contributed by atoms with Gasteiger partial charge in [0.2, 0.25) is 0 Å². The molecule has 0 atom stereocenters. The number of nitrogens with one attached hydrogen (secondary N) is 1. The van der Waals surface area contributed by atoms with E-state index in [9.17, 15) is 5.11 Å². The number of aryl methyl sites for hydroxylation is 1. The molecule has 0 amide bonds. The highest BCUT2D eigenvalue weighted by molar-refractivity contribution is 9.10. The number of ether oxygens (including phenoxy) is 1. The maximum absolute atomic E-state index is 9.81. The molecule has 84 valence electrons. The van der Waals surface area contributed by atoms with Crippen LogP contribution in [0.3, 0.4) is 0 Å². The zero-order valence-electron chi connectivity index (χ0n) is 8.67. The van der Waals surface area contributed by atoms with Crippen LogP contribution in [0.5, 0.6) is 11.5 Å².